The monoisotopic (exact) mass is 578 g/mol. The molecule has 1 N–H and O–H groups in total. The zero-order chi connectivity index (χ0) is 30.1. The number of rotatable bonds is 4. The Bertz CT molecular complexity index is 1630. The van der Waals surface area contributed by atoms with E-state index in [9.17, 15) is 14.4 Å². The molecule has 1 amide bonds. The Morgan fingerprint density at radius 2 is 1.47 bits per heavy atom. The van der Waals surface area contributed by atoms with Crippen molar-refractivity contribution in [2.24, 2.45) is 5.92 Å². The van der Waals surface area contributed by atoms with E-state index in [4.69, 9.17) is 9.47 Å². The minimum Gasteiger partial charge on any atom is -0.444 e. The lowest BCUT2D eigenvalue weighted by Gasteiger charge is -2.45. The number of nitrogens with one attached hydrogen (secondary N) is 1. The highest BCUT2D eigenvalue weighted by atomic mass is 16.6. The highest BCUT2D eigenvalue weighted by molar-refractivity contribution is 6.00. The molecule has 222 valence electrons. The van der Waals surface area contributed by atoms with Crippen LogP contribution in [0.3, 0.4) is 0 Å². The second-order valence-electron chi connectivity index (χ2n) is 12.7. The van der Waals surface area contributed by atoms with E-state index in [2.05, 4.69) is 4.98 Å². The fourth-order valence-corrected chi connectivity index (χ4v) is 6.63. The van der Waals surface area contributed by atoms with E-state index >= 15 is 0 Å². The number of para-hydroxylation sites is 1. The molecule has 0 saturated heterocycles. The molecule has 1 fully saturated rings. The van der Waals surface area contributed by atoms with Crippen molar-refractivity contribution in [1.82, 2.24) is 9.88 Å². The predicted molar refractivity (Wildman–Crippen MR) is 165 cm³/mol. The van der Waals surface area contributed by atoms with Gasteiger partial charge in [0, 0.05) is 23.0 Å². The smallest absolute Gasteiger partial charge is 0.411 e. The Kier molecular flexibility index (Phi) is 7.82. The van der Waals surface area contributed by atoms with Gasteiger partial charge in [-0.3, -0.25) is 4.90 Å². The van der Waals surface area contributed by atoms with Gasteiger partial charge < -0.3 is 14.5 Å². The molecular formula is C36H38N2O5. The molecule has 7 nitrogen and oxygen atoms in total. The van der Waals surface area contributed by atoms with Crippen LogP contribution in [0.25, 0.3) is 22.0 Å². The molecule has 1 aliphatic heterocycles. The predicted octanol–water partition coefficient (Wildman–Crippen LogP) is 8.00. The Hall–Kier alpha value is -4.39. The first-order valence-corrected chi connectivity index (χ1v) is 15.2. The Balaban J connectivity index is 1.35. The zero-order valence-electron chi connectivity index (χ0n) is 25.0. The summed E-state index contributed by atoms with van der Waals surface area (Å²) in [6, 6.07) is 23.4. The van der Waals surface area contributed by atoms with Crippen LogP contribution in [0.15, 0.2) is 78.9 Å². The summed E-state index contributed by atoms with van der Waals surface area (Å²) in [5.41, 5.74) is 4.38. The maximum Gasteiger partial charge on any atom is 0.411 e. The number of amides is 1. The third-order valence-electron chi connectivity index (χ3n) is 8.57. The van der Waals surface area contributed by atoms with Gasteiger partial charge in [-0.1, -0.05) is 79.9 Å². The van der Waals surface area contributed by atoms with Crippen LogP contribution in [0.4, 0.5) is 4.79 Å². The highest BCUT2D eigenvalue weighted by Crippen LogP contribution is 2.46. The lowest BCUT2D eigenvalue weighted by molar-refractivity contribution is -0.146. The third-order valence-corrected chi connectivity index (χ3v) is 8.57. The summed E-state index contributed by atoms with van der Waals surface area (Å²) in [6.07, 6.45) is 4.80. The number of nitrogens with zero attached hydrogens (tertiary/aromatic N) is 1. The first-order valence-electron chi connectivity index (χ1n) is 15.2. The molecular weight excluding hydrogens is 540 g/mol. The van der Waals surface area contributed by atoms with E-state index < -0.39 is 35.7 Å². The quantitative estimate of drug-likeness (QED) is 0.196. The third kappa shape index (κ3) is 5.94. The first kappa shape index (κ1) is 28.7. The van der Waals surface area contributed by atoms with Crippen molar-refractivity contribution in [3.63, 3.8) is 0 Å². The largest absolute Gasteiger partial charge is 0.444 e. The second kappa shape index (κ2) is 11.7. The fourth-order valence-electron chi connectivity index (χ4n) is 6.63. The van der Waals surface area contributed by atoms with Gasteiger partial charge in [0.25, 0.3) is 0 Å². The Labute approximate surface area is 252 Å². The minimum absolute atomic E-state index is 0.143. The number of carbonyl (C=O) groups is 3. The molecule has 1 aliphatic carbocycles. The Morgan fingerprint density at radius 1 is 0.814 bits per heavy atom. The standard InChI is InChI=1S/C36H38N2O5/c1-36(2,3)43-35(41)38-30(34(40)42-33(39)26-20-18-24(19-21-26)23-12-6-4-7-13-23)22-28-27-16-10-11-17-29(27)37-31(28)32(38)25-14-8-5-9-15-25/h4,6-7,10-13,16-21,25,30,32,37H,5,8-9,14-15,22H2,1-3H3/t30-,32-/m1/s1. The van der Waals surface area contributed by atoms with Gasteiger partial charge in [-0.2, -0.15) is 0 Å². The van der Waals surface area contributed by atoms with E-state index in [1.807, 2.05) is 87.5 Å². The number of esters is 2. The Morgan fingerprint density at radius 3 is 2.16 bits per heavy atom. The molecule has 6 rings (SSSR count). The average Bonchev–Trinajstić information content (AvgIpc) is 3.38. The zero-order valence-corrected chi connectivity index (χ0v) is 25.0. The molecule has 0 spiro atoms. The molecule has 0 radical (unpaired) electrons. The molecule has 2 aliphatic rings. The van der Waals surface area contributed by atoms with E-state index in [0.717, 1.165) is 65.4 Å². The lowest BCUT2D eigenvalue weighted by Crippen LogP contribution is -2.55. The van der Waals surface area contributed by atoms with Gasteiger partial charge >= 0.3 is 18.0 Å². The first-order chi connectivity index (χ1) is 20.7. The summed E-state index contributed by atoms with van der Waals surface area (Å²) in [5, 5.41) is 1.02. The topological polar surface area (TPSA) is 88.7 Å². The number of hydrogen-bond acceptors (Lipinski definition) is 5. The average molecular weight is 579 g/mol. The maximum absolute atomic E-state index is 13.9. The molecule has 3 aromatic carbocycles. The molecule has 7 heteroatoms. The van der Waals surface area contributed by atoms with Gasteiger partial charge in [-0.15, -0.1) is 0 Å². The van der Waals surface area contributed by atoms with Crippen molar-refractivity contribution in [1.29, 1.82) is 0 Å². The summed E-state index contributed by atoms with van der Waals surface area (Å²) in [7, 11) is 0. The van der Waals surface area contributed by atoms with Crippen molar-refractivity contribution < 1.29 is 23.9 Å². The van der Waals surface area contributed by atoms with Crippen LogP contribution in [0.5, 0.6) is 0 Å². The van der Waals surface area contributed by atoms with Crippen LogP contribution in [0.1, 0.15) is 80.5 Å². The maximum atomic E-state index is 13.9. The normalized spacial score (nSPS) is 19.1. The fraction of sp³-hybridized carbons (Fsp3) is 0.361. The van der Waals surface area contributed by atoms with Gasteiger partial charge in [-0.05, 0) is 74.4 Å². The van der Waals surface area contributed by atoms with E-state index in [0.29, 0.717) is 0 Å². The van der Waals surface area contributed by atoms with Crippen LogP contribution in [0, 0.1) is 5.92 Å². The summed E-state index contributed by atoms with van der Waals surface area (Å²) in [4.78, 5) is 46.3. The lowest BCUT2D eigenvalue weighted by atomic mass is 9.78. The van der Waals surface area contributed by atoms with Crippen molar-refractivity contribution in [2.45, 2.75) is 77.0 Å². The van der Waals surface area contributed by atoms with E-state index in [1.54, 1.807) is 17.0 Å². The number of hydrogen-bond donors (Lipinski definition) is 1. The van der Waals surface area contributed by atoms with Gasteiger partial charge in [0.1, 0.15) is 11.6 Å². The highest BCUT2D eigenvalue weighted by Gasteiger charge is 2.48. The van der Waals surface area contributed by atoms with Crippen LogP contribution < -0.4 is 0 Å². The number of fused-ring (bicyclic) bond motifs is 3. The van der Waals surface area contributed by atoms with Gasteiger partial charge in [-0.25, -0.2) is 14.4 Å². The molecule has 1 saturated carbocycles. The molecule has 43 heavy (non-hydrogen) atoms. The summed E-state index contributed by atoms with van der Waals surface area (Å²) in [6.45, 7) is 5.44. The van der Waals surface area contributed by atoms with Crippen molar-refractivity contribution in [3.8, 4) is 11.1 Å². The number of benzene rings is 3. The van der Waals surface area contributed by atoms with Crippen LogP contribution in [0.2, 0.25) is 0 Å². The van der Waals surface area contributed by atoms with Gasteiger partial charge in [0.2, 0.25) is 0 Å². The number of ether oxygens (including phenoxy) is 2. The molecule has 2 heterocycles. The van der Waals surface area contributed by atoms with E-state index in [1.165, 1.54) is 0 Å². The number of aromatic amines is 1. The molecule has 4 aromatic rings. The van der Waals surface area contributed by atoms with Crippen LogP contribution in [-0.4, -0.2) is 39.6 Å². The molecule has 1 aromatic heterocycles. The van der Waals surface area contributed by atoms with Crippen LogP contribution in [-0.2, 0) is 20.7 Å². The second-order valence-corrected chi connectivity index (χ2v) is 12.7. The van der Waals surface area contributed by atoms with Crippen molar-refractivity contribution in [2.75, 3.05) is 0 Å². The molecule has 2 atom stereocenters. The van der Waals surface area contributed by atoms with Crippen LogP contribution >= 0.6 is 0 Å². The molecule has 0 bridgehead atoms. The molecule has 0 unspecified atom stereocenters. The minimum atomic E-state index is -1.01. The summed E-state index contributed by atoms with van der Waals surface area (Å²) in [5.74, 6) is -1.35. The SMILES string of the molecule is CC(C)(C)OC(=O)N1[C@@H](C(=O)OC(=O)c2ccc(-c3ccccc3)cc2)Cc2c([nH]c3ccccc23)[C@H]1C1CCCCC1. The summed E-state index contributed by atoms with van der Waals surface area (Å²) >= 11 is 0. The number of H-pyrrole nitrogens is 1. The number of carbonyl (C=O) groups excluding carboxylic acids is 3. The summed E-state index contributed by atoms with van der Waals surface area (Å²) < 4.78 is 11.4. The van der Waals surface area contributed by atoms with E-state index in [-0.39, 0.29) is 17.9 Å². The van der Waals surface area contributed by atoms with Crippen molar-refractivity contribution in [3.05, 3.63) is 95.7 Å². The van der Waals surface area contributed by atoms with Gasteiger partial charge in [0.05, 0.1) is 11.6 Å². The number of aromatic nitrogens is 1. The van der Waals surface area contributed by atoms with Gasteiger partial charge in [0.15, 0.2) is 0 Å². The van der Waals surface area contributed by atoms with Crippen molar-refractivity contribution >= 4 is 28.9 Å².